The summed E-state index contributed by atoms with van der Waals surface area (Å²) in [6, 6.07) is 19.0. The van der Waals surface area contributed by atoms with E-state index in [1.54, 1.807) is 60.7 Å². The van der Waals surface area contributed by atoms with Crippen LogP contribution >= 0.6 is 23.4 Å². The molecule has 3 aromatic rings. The Bertz CT molecular complexity index is 1300. The number of benzene rings is 3. The number of rotatable bonds is 6. The number of aryl methyl sites for hydroxylation is 1. The molecule has 34 heavy (non-hydrogen) atoms. The second-order valence-corrected chi connectivity index (χ2v) is 8.93. The first-order valence-electron chi connectivity index (χ1n) is 10.3. The molecule has 1 heterocycles. The number of nitrogens with zero attached hydrogens (tertiary/aromatic N) is 1. The molecule has 4 rings (SSSR count). The lowest BCUT2D eigenvalue weighted by atomic mass is 10.1. The molecule has 0 spiro atoms. The fourth-order valence-corrected chi connectivity index (χ4v) is 4.33. The van der Waals surface area contributed by atoms with Gasteiger partial charge in [-0.25, -0.2) is 4.79 Å². The van der Waals surface area contributed by atoms with Crippen LogP contribution in [0.3, 0.4) is 0 Å². The topological polar surface area (TPSA) is 72.9 Å². The van der Waals surface area contributed by atoms with Gasteiger partial charge in [0, 0.05) is 5.02 Å². The molecule has 1 saturated heterocycles. The monoisotopic (exact) mass is 493 g/mol. The van der Waals surface area contributed by atoms with Crippen molar-refractivity contribution >= 4 is 46.6 Å². The van der Waals surface area contributed by atoms with Gasteiger partial charge in [-0.2, -0.15) is 0 Å². The van der Waals surface area contributed by atoms with Crippen LogP contribution in [0.5, 0.6) is 11.5 Å². The summed E-state index contributed by atoms with van der Waals surface area (Å²) in [6.07, 6.45) is 1.60. The molecular formula is C26H20ClNO5S. The zero-order valence-electron chi connectivity index (χ0n) is 18.4. The van der Waals surface area contributed by atoms with Gasteiger partial charge in [0.1, 0.15) is 0 Å². The van der Waals surface area contributed by atoms with Crippen LogP contribution in [-0.4, -0.2) is 29.1 Å². The molecule has 0 atom stereocenters. The summed E-state index contributed by atoms with van der Waals surface area (Å²) in [5, 5.41) is 0.123. The van der Waals surface area contributed by atoms with Crippen molar-refractivity contribution in [1.29, 1.82) is 0 Å². The van der Waals surface area contributed by atoms with Gasteiger partial charge in [0.05, 0.1) is 24.1 Å². The summed E-state index contributed by atoms with van der Waals surface area (Å²) >= 11 is 7.03. The van der Waals surface area contributed by atoms with E-state index >= 15 is 0 Å². The van der Waals surface area contributed by atoms with Crippen LogP contribution in [0, 0.1) is 6.92 Å². The van der Waals surface area contributed by atoms with E-state index in [1.165, 1.54) is 7.11 Å². The highest BCUT2D eigenvalue weighted by atomic mass is 35.5. The average Bonchev–Trinajstić information content (AvgIpc) is 3.09. The van der Waals surface area contributed by atoms with Crippen molar-refractivity contribution in [2.75, 3.05) is 7.11 Å². The Kier molecular flexibility index (Phi) is 7.05. The van der Waals surface area contributed by atoms with Crippen LogP contribution in [0.25, 0.3) is 6.08 Å². The number of hydrogen-bond acceptors (Lipinski definition) is 6. The first-order chi connectivity index (χ1) is 16.4. The van der Waals surface area contributed by atoms with E-state index in [-0.39, 0.29) is 22.4 Å². The Hall–Kier alpha value is -3.55. The molecule has 6 nitrogen and oxygen atoms in total. The first-order valence-corrected chi connectivity index (χ1v) is 11.5. The van der Waals surface area contributed by atoms with Gasteiger partial charge in [0.2, 0.25) is 0 Å². The number of carbonyl (C=O) groups is 3. The second kappa shape index (κ2) is 10.2. The Balaban J connectivity index is 1.52. The summed E-state index contributed by atoms with van der Waals surface area (Å²) < 4.78 is 10.9. The van der Waals surface area contributed by atoms with Crippen LogP contribution in [-0.2, 0) is 11.3 Å². The van der Waals surface area contributed by atoms with Crippen LogP contribution in [0.15, 0.2) is 71.6 Å². The second-order valence-electron chi connectivity index (χ2n) is 7.53. The van der Waals surface area contributed by atoms with Gasteiger partial charge >= 0.3 is 5.97 Å². The highest BCUT2D eigenvalue weighted by molar-refractivity contribution is 8.18. The van der Waals surface area contributed by atoms with Crippen molar-refractivity contribution in [2.45, 2.75) is 13.5 Å². The van der Waals surface area contributed by atoms with Gasteiger partial charge in [-0.3, -0.25) is 14.5 Å². The Morgan fingerprint density at radius 2 is 1.76 bits per heavy atom. The maximum absolute atomic E-state index is 12.9. The molecule has 0 bridgehead atoms. The van der Waals surface area contributed by atoms with E-state index in [0.717, 1.165) is 22.2 Å². The standard InChI is InChI=1S/C26H20ClNO5S/c1-16-7-10-18(11-8-16)25(30)33-21-12-9-17(13-22(21)32-2)14-23-24(29)28(26(31)34-23)15-19-5-3-4-6-20(19)27/h3-14H,15H2,1-2H3/b23-14-. The van der Waals surface area contributed by atoms with Crippen molar-refractivity contribution in [3.8, 4) is 11.5 Å². The lowest BCUT2D eigenvalue weighted by Crippen LogP contribution is -2.27. The molecule has 172 valence electrons. The molecule has 0 aromatic heterocycles. The van der Waals surface area contributed by atoms with Gasteiger partial charge in [0.15, 0.2) is 11.5 Å². The molecule has 1 aliphatic heterocycles. The van der Waals surface area contributed by atoms with Crippen molar-refractivity contribution < 1.29 is 23.9 Å². The predicted octanol–water partition coefficient (Wildman–Crippen LogP) is 6.11. The van der Waals surface area contributed by atoms with Crippen LogP contribution in [0.2, 0.25) is 5.02 Å². The average molecular weight is 494 g/mol. The summed E-state index contributed by atoms with van der Waals surface area (Å²) in [5.41, 5.74) is 2.77. The number of halogens is 1. The normalized spacial score (nSPS) is 14.6. The Morgan fingerprint density at radius 3 is 2.47 bits per heavy atom. The highest BCUT2D eigenvalue weighted by Crippen LogP contribution is 2.36. The largest absolute Gasteiger partial charge is 0.493 e. The number of carbonyl (C=O) groups excluding carboxylic acids is 3. The lowest BCUT2D eigenvalue weighted by Gasteiger charge is -2.13. The fraction of sp³-hybridized carbons (Fsp3) is 0.115. The summed E-state index contributed by atoms with van der Waals surface area (Å²) in [7, 11) is 1.46. The summed E-state index contributed by atoms with van der Waals surface area (Å²) in [6.45, 7) is 2.03. The van der Waals surface area contributed by atoms with Crippen molar-refractivity contribution in [1.82, 2.24) is 4.90 Å². The minimum Gasteiger partial charge on any atom is -0.493 e. The maximum atomic E-state index is 12.9. The quantitative estimate of drug-likeness (QED) is 0.234. The minimum atomic E-state index is -0.508. The molecule has 1 fully saturated rings. The SMILES string of the molecule is COc1cc(/C=C2\SC(=O)N(Cc3ccccc3Cl)C2=O)ccc1OC(=O)c1ccc(C)cc1. The third-order valence-electron chi connectivity index (χ3n) is 5.14. The molecule has 0 unspecified atom stereocenters. The van der Waals surface area contributed by atoms with E-state index in [2.05, 4.69) is 0 Å². The smallest absolute Gasteiger partial charge is 0.343 e. The summed E-state index contributed by atoms with van der Waals surface area (Å²) in [4.78, 5) is 39.2. The predicted molar refractivity (Wildman–Crippen MR) is 132 cm³/mol. The number of thioether (sulfide) groups is 1. The molecule has 0 radical (unpaired) electrons. The summed E-state index contributed by atoms with van der Waals surface area (Å²) in [5.74, 6) is -0.336. The zero-order valence-corrected chi connectivity index (χ0v) is 20.0. The zero-order chi connectivity index (χ0) is 24.2. The number of imide groups is 1. The van der Waals surface area contributed by atoms with Gasteiger partial charge in [-0.1, -0.05) is 53.6 Å². The molecule has 3 aromatic carbocycles. The third kappa shape index (κ3) is 5.16. The minimum absolute atomic E-state index is 0.0961. The van der Waals surface area contributed by atoms with Gasteiger partial charge < -0.3 is 9.47 Å². The van der Waals surface area contributed by atoms with Crippen molar-refractivity contribution in [3.63, 3.8) is 0 Å². The van der Waals surface area contributed by atoms with Crippen LogP contribution < -0.4 is 9.47 Å². The van der Waals surface area contributed by atoms with Gasteiger partial charge in [-0.15, -0.1) is 0 Å². The van der Waals surface area contributed by atoms with Gasteiger partial charge in [-0.05, 0) is 66.2 Å². The lowest BCUT2D eigenvalue weighted by molar-refractivity contribution is -0.123. The maximum Gasteiger partial charge on any atom is 0.343 e. The molecule has 0 N–H and O–H groups in total. The molecule has 0 saturated carbocycles. The Morgan fingerprint density at radius 1 is 1.03 bits per heavy atom. The number of ether oxygens (including phenoxy) is 2. The van der Waals surface area contributed by atoms with Crippen molar-refractivity contribution in [2.24, 2.45) is 0 Å². The fourth-order valence-electron chi connectivity index (χ4n) is 3.29. The molecule has 1 aliphatic rings. The highest BCUT2D eigenvalue weighted by Gasteiger charge is 2.35. The van der Waals surface area contributed by atoms with E-state index in [0.29, 0.717) is 27.5 Å². The molecule has 2 amide bonds. The number of esters is 1. The number of hydrogen-bond donors (Lipinski definition) is 0. The molecule has 8 heteroatoms. The third-order valence-corrected chi connectivity index (χ3v) is 6.41. The van der Waals surface area contributed by atoms with E-state index < -0.39 is 11.9 Å². The molecular weight excluding hydrogens is 474 g/mol. The van der Waals surface area contributed by atoms with Crippen molar-refractivity contribution in [3.05, 3.63) is 98.9 Å². The number of amides is 2. The number of methoxy groups -OCH3 is 1. The molecule has 0 aliphatic carbocycles. The van der Waals surface area contributed by atoms with Gasteiger partial charge in [0.25, 0.3) is 11.1 Å². The first kappa shape index (κ1) is 23.6. The van der Waals surface area contributed by atoms with E-state index in [1.807, 2.05) is 19.1 Å². The van der Waals surface area contributed by atoms with E-state index in [4.69, 9.17) is 21.1 Å². The van der Waals surface area contributed by atoms with E-state index in [9.17, 15) is 14.4 Å². The van der Waals surface area contributed by atoms with Crippen LogP contribution in [0.4, 0.5) is 4.79 Å². The Labute approximate surface area is 206 Å². The van der Waals surface area contributed by atoms with Crippen LogP contribution in [0.1, 0.15) is 27.0 Å².